The highest BCUT2D eigenvalue weighted by Crippen LogP contribution is 2.23. The van der Waals surface area contributed by atoms with Crippen molar-refractivity contribution in [1.29, 1.82) is 0 Å². The predicted octanol–water partition coefficient (Wildman–Crippen LogP) is 5.72. The summed E-state index contributed by atoms with van der Waals surface area (Å²) in [7, 11) is 0. The summed E-state index contributed by atoms with van der Waals surface area (Å²) in [6.07, 6.45) is 12.6. The van der Waals surface area contributed by atoms with E-state index in [1.54, 1.807) is 6.07 Å². The number of carbonyl (C=O) groups is 2. The Morgan fingerprint density at radius 2 is 1.36 bits per heavy atom. The molecule has 0 spiro atoms. The van der Waals surface area contributed by atoms with Crippen molar-refractivity contribution in [2.45, 2.75) is 84.5 Å². The van der Waals surface area contributed by atoms with Crippen LogP contribution in [0, 0.1) is 0 Å². The summed E-state index contributed by atoms with van der Waals surface area (Å²) in [5, 5.41) is 18.6. The lowest BCUT2D eigenvalue weighted by Crippen LogP contribution is -2.13. The third-order valence-electron chi connectivity index (χ3n) is 4.76. The lowest BCUT2D eigenvalue weighted by atomic mass is 9.91. The zero-order valence-corrected chi connectivity index (χ0v) is 15.6. The van der Waals surface area contributed by atoms with Crippen LogP contribution in [0.2, 0.25) is 0 Å². The smallest absolute Gasteiger partial charge is 0.336 e. The van der Waals surface area contributed by atoms with Crippen LogP contribution in [-0.4, -0.2) is 22.2 Å². The molecule has 0 heterocycles. The molecule has 0 fully saturated rings. The molecule has 0 aliphatic rings. The Hall–Kier alpha value is -1.84. The number of carboxylic acids is 2. The second-order valence-corrected chi connectivity index (χ2v) is 6.67. The minimum Gasteiger partial charge on any atom is -0.478 e. The van der Waals surface area contributed by atoms with E-state index in [0.29, 0.717) is 12.0 Å². The summed E-state index contributed by atoms with van der Waals surface area (Å²) in [5.41, 5.74) is 1.50. The molecular weight excluding hydrogens is 316 g/mol. The van der Waals surface area contributed by atoms with Crippen LogP contribution in [0.1, 0.15) is 103 Å². The van der Waals surface area contributed by atoms with Gasteiger partial charge in [0, 0.05) is 0 Å². The molecule has 4 nitrogen and oxygen atoms in total. The Labute approximate surface area is 151 Å². The normalized spacial score (nSPS) is 10.8. The number of unbranched alkanes of at least 4 members (excludes halogenated alkanes) is 8. The standard InChI is InChI=1S/C21H32O4/c1-3-5-6-7-8-9-10-11-12-13-16-14-15-18(20(22)23)19(21(24)25)17(16)4-2/h14-15H,3-13H2,1-2H3,(H,22,23)(H,24,25). The van der Waals surface area contributed by atoms with Gasteiger partial charge in [0.25, 0.3) is 0 Å². The average Bonchev–Trinajstić information content (AvgIpc) is 2.59. The number of carboxylic acid groups (broad SMARTS) is 2. The highest BCUT2D eigenvalue weighted by Gasteiger charge is 2.21. The first kappa shape index (κ1) is 21.2. The number of aryl methyl sites for hydroxylation is 1. The van der Waals surface area contributed by atoms with Gasteiger partial charge in [-0.1, -0.05) is 71.3 Å². The third-order valence-corrected chi connectivity index (χ3v) is 4.76. The summed E-state index contributed by atoms with van der Waals surface area (Å²) in [6, 6.07) is 3.23. The molecule has 0 aliphatic carbocycles. The van der Waals surface area contributed by atoms with Crippen molar-refractivity contribution in [2.75, 3.05) is 0 Å². The maximum Gasteiger partial charge on any atom is 0.336 e. The fourth-order valence-electron chi connectivity index (χ4n) is 3.38. The van der Waals surface area contributed by atoms with Gasteiger partial charge in [0.1, 0.15) is 0 Å². The topological polar surface area (TPSA) is 74.6 Å². The summed E-state index contributed by atoms with van der Waals surface area (Å²) >= 11 is 0. The monoisotopic (exact) mass is 348 g/mol. The van der Waals surface area contributed by atoms with Gasteiger partial charge in [-0.25, -0.2) is 9.59 Å². The second kappa shape index (κ2) is 11.7. The molecule has 4 heteroatoms. The van der Waals surface area contributed by atoms with E-state index in [1.165, 1.54) is 51.0 Å². The number of rotatable bonds is 13. The van der Waals surface area contributed by atoms with Crippen molar-refractivity contribution < 1.29 is 19.8 Å². The van der Waals surface area contributed by atoms with Crippen LogP contribution in [-0.2, 0) is 12.8 Å². The molecule has 0 radical (unpaired) electrons. The Morgan fingerprint density at radius 3 is 1.84 bits per heavy atom. The molecule has 1 rings (SSSR count). The van der Waals surface area contributed by atoms with E-state index in [9.17, 15) is 19.8 Å². The number of benzene rings is 1. The highest BCUT2D eigenvalue weighted by atomic mass is 16.4. The summed E-state index contributed by atoms with van der Waals surface area (Å²) in [5.74, 6) is -2.33. The Morgan fingerprint density at radius 1 is 0.800 bits per heavy atom. The van der Waals surface area contributed by atoms with Crippen LogP contribution >= 0.6 is 0 Å². The van der Waals surface area contributed by atoms with Gasteiger partial charge in [-0.3, -0.25) is 0 Å². The molecule has 0 amide bonds. The van der Waals surface area contributed by atoms with Crippen molar-refractivity contribution in [3.05, 3.63) is 34.4 Å². The lowest BCUT2D eigenvalue weighted by molar-refractivity contribution is 0.0650. The van der Waals surface area contributed by atoms with Gasteiger partial charge in [0.15, 0.2) is 0 Å². The van der Waals surface area contributed by atoms with Gasteiger partial charge in [-0.2, -0.15) is 0 Å². The van der Waals surface area contributed by atoms with Crippen molar-refractivity contribution in [3.63, 3.8) is 0 Å². The van der Waals surface area contributed by atoms with Crippen molar-refractivity contribution in [3.8, 4) is 0 Å². The van der Waals surface area contributed by atoms with E-state index in [4.69, 9.17) is 0 Å². The van der Waals surface area contributed by atoms with Crippen molar-refractivity contribution >= 4 is 11.9 Å². The minimum absolute atomic E-state index is 0.0385. The Bertz CT molecular complexity index is 563. The number of aromatic carboxylic acids is 2. The van der Waals surface area contributed by atoms with Crippen LogP contribution < -0.4 is 0 Å². The third kappa shape index (κ3) is 6.89. The predicted molar refractivity (Wildman–Crippen MR) is 101 cm³/mol. The van der Waals surface area contributed by atoms with Gasteiger partial charge in [0.2, 0.25) is 0 Å². The first-order chi connectivity index (χ1) is 12.0. The highest BCUT2D eigenvalue weighted by molar-refractivity contribution is 6.03. The zero-order valence-electron chi connectivity index (χ0n) is 15.6. The molecule has 0 atom stereocenters. The average molecular weight is 348 g/mol. The summed E-state index contributed by atoms with van der Waals surface area (Å²) in [6.45, 7) is 4.11. The SMILES string of the molecule is CCCCCCCCCCCc1ccc(C(=O)O)c(C(=O)O)c1CC. The fourth-order valence-corrected chi connectivity index (χ4v) is 3.38. The summed E-state index contributed by atoms with van der Waals surface area (Å²) in [4.78, 5) is 22.8. The van der Waals surface area contributed by atoms with Crippen LogP contribution in [0.4, 0.5) is 0 Å². The van der Waals surface area contributed by atoms with Crippen molar-refractivity contribution in [2.24, 2.45) is 0 Å². The lowest BCUT2D eigenvalue weighted by Gasteiger charge is -2.13. The van der Waals surface area contributed by atoms with Gasteiger partial charge in [-0.15, -0.1) is 0 Å². The molecule has 140 valence electrons. The van der Waals surface area contributed by atoms with Gasteiger partial charge < -0.3 is 10.2 Å². The Balaban J connectivity index is 2.55. The molecule has 0 saturated heterocycles. The van der Waals surface area contributed by atoms with Gasteiger partial charge in [0.05, 0.1) is 11.1 Å². The zero-order chi connectivity index (χ0) is 18.7. The van der Waals surface area contributed by atoms with Crippen molar-refractivity contribution in [1.82, 2.24) is 0 Å². The van der Waals surface area contributed by atoms with Crippen LogP contribution in [0.5, 0.6) is 0 Å². The maximum atomic E-state index is 11.5. The van der Waals surface area contributed by atoms with Crippen LogP contribution in [0.3, 0.4) is 0 Å². The largest absolute Gasteiger partial charge is 0.478 e. The molecule has 0 aliphatic heterocycles. The van der Waals surface area contributed by atoms with E-state index in [-0.39, 0.29) is 11.1 Å². The number of hydrogen-bond donors (Lipinski definition) is 2. The van der Waals surface area contributed by atoms with E-state index in [2.05, 4.69) is 6.92 Å². The number of hydrogen-bond acceptors (Lipinski definition) is 2. The molecule has 2 N–H and O–H groups in total. The molecule has 1 aromatic carbocycles. The molecule has 0 aromatic heterocycles. The van der Waals surface area contributed by atoms with E-state index >= 15 is 0 Å². The van der Waals surface area contributed by atoms with E-state index in [0.717, 1.165) is 24.8 Å². The summed E-state index contributed by atoms with van der Waals surface area (Å²) < 4.78 is 0. The van der Waals surface area contributed by atoms with Crippen LogP contribution in [0.15, 0.2) is 12.1 Å². The maximum absolute atomic E-state index is 11.5. The molecular formula is C21H32O4. The molecule has 0 saturated carbocycles. The first-order valence-corrected chi connectivity index (χ1v) is 9.64. The molecule has 0 unspecified atom stereocenters. The molecule has 0 bridgehead atoms. The minimum atomic E-state index is -1.18. The van der Waals surface area contributed by atoms with Crippen LogP contribution in [0.25, 0.3) is 0 Å². The molecule has 25 heavy (non-hydrogen) atoms. The molecule has 1 aromatic rings. The fraction of sp³-hybridized carbons (Fsp3) is 0.619. The van der Waals surface area contributed by atoms with Gasteiger partial charge in [-0.05, 0) is 36.5 Å². The van der Waals surface area contributed by atoms with Gasteiger partial charge >= 0.3 is 11.9 Å². The Kier molecular flexibility index (Phi) is 9.90. The van der Waals surface area contributed by atoms with E-state index < -0.39 is 11.9 Å². The quantitative estimate of drug-likeness (QED) is 0.447. The second-order valence-electron chi connectivity index (χ2n) is 6.67. The first-order valence-electron chi connectivity index (χ1n) is 9.64. The van der Waals surface area contributed by atoms with E-state index in [1.807, 2.05) is 6.92 Å².